The van der Waals surface area contributed by atoms with Gasteiger partial charge in [0.1, 0.15) is 16.7 Å². The Morgan fingerprint density at radius 1 is 1.24 bits per heavy atom. The highest BCUT2D eigenvalue weighted by Gasteiger charge is 2.27. The average molecular weight is 311 g/mol. The van der Waals surface area contributed by atoms with Gasteiger partial charge in [-0.15, -0.1) is 0 Å². The van der Waals surface area contributed by atoms with Gasteiger partial charge < -0.3 is 10.1 Å². The van der Waals surface area contributed by atoms with Crippen molar-refractivity contribution in [3.63, 3.8) is 0 Å². The van der Waals surface area contributed by atoms with Gasteiger partial charge in [-0.2, -0.15) is 0 Å². The van der Waals surface area contributed by atoms with E-state index in [9.17, 15) is 8.42 Å². The van der Waals surface area contributed by atoms with Gasteiger partial charge in [-0.3, -0.25) is 0 Å². The van der Waals surface area contributed by atoms with E-state index in [1.54, 1.807) is 18.2 Å². The van der Waals surface area contributed by atoms with Crippen LogP contribution >= 0.6 is 0 Å². The fourth-order valence-electron chi connectivity index (χ4n) is 2.91. The smallest absolute Gasteiger partial charge is 0.182 e. The molecule has 4 nitrogen and oxygen atoms in total. The van der Waals surface area contributed by atoms with E-state index < -0.39 is 9.84 Å². The van der Waals surface area contributed by atoms with Crippen LogP contribution in [0.15, 0.2) is 29.2 Å². The van der Waals surface area contributed by atoms with Gasteiger partial charge in [0.2, 0.25) is 0 Å². The molecule has 0 spiro atoms. The van der Waals surface area contributed by atoms with Gasteiger partial charge in [0, 0.05) is 6.04 Å². The van der Waals surface area contributed by atoms with E-state index in [1.807, 2.05) is 20.0 Å². The lowest BCUT2D eigenvalue weighted by atomic mass is 9.92. The lowest BCUT2D eigenvalue weighted by Crippen LogP contribution is -2.43. The molecule has 2 atom stereocenters. The first kappa shape index (κ1) is 16.3. The van der Waals surface area contributed by atoms with Crippen molar-refractivity contribution in [2.24, 2.45) is 0 Å². The highest BCUT2D eigenvalue weighted by atomic mass is 32.2. The zero-order valence-corrected chi connectivity index (χ0v) is 13.7. The molecule has 1 N–H and O–H groups in total. The fourth-order valence-corrected chi connectivity index (χ4v) is 4.38. The number of sulfone groups is 1. The molecule has 0 heterocycles. The van der Waals surface area contributed by atoms with Crippen molar-refractivity contribution in [3.8, 4) is 5.75 Å². The minimum Gasteiger partial charge on any atom is -0.487 e. The quantitative estimate of drug-likeness (QED) is 0.877. The van der Waals surface area contributed by atoms with Gasteiger partial charge >= 0.3 is 0 Å². The summed E-state index contributed by atoms with van der Waals surface area (Å²) in [4.78, 5) is 0.326. The zero-order chi connectivity index (χ0) is 15.3. The number of rotatable bonds is 6. The summed E-state index contributed by atoms with van der Waals surface area (Å²) < 4.78 is 30.8. The van der Waals surface area contributed by atoms with Crippen LogP contribution in [0.3, 0.4) is 0 Å². The minimum atomic E-state index is -3.26. The first-order chi connectivity index (χ1) is 10.1. The van der Waals surface area contributed by atoms with Crippen LogP contribution in [0.2, 0.25) is 0 Å². The standard InChI is InChI=1S/C16H25NO3S/c1-3-12-21(18,19)16-11-7-6-10-15(16)20-14-9-5-4-8-13(14)17-2/h6-7,10-11,13-14,17H,3-5,8-9,12H2,1-2H3. The van der Waals surface area contributed by atoms with Crippen LogP contribution in [0.25, 0.3) is 0 Å². The third-order valence-corrected chi connectivity index (χ3v) is 5.96. The summed E-state index contributed by atoms with van der Waals surface area (Å²) in [6.45, 7) is 1.87. The number of hydrogen-bond donors (Lipinski definition) is 1. The van der Waals surface area contributed by atoms with Crippen LogP contribution in [-0.2, 0) is 9.84 Å². The van der Waals surface area contributed by atoms with Gasteiger partial charge in [-0.1, -0.05) is 25.5 Å². The lowest BCUT2D eigenvalue weighted by molar-refractivity contribution is 0.114. The Kier molecular flexibility index (Phi) is 5.65. The molecule has 0 amide bonds. The molecule has 1 saturated carbocycles. The molecule has 0 radical (unpaired) electrons. The van der Waals surface area contributed by atoms with Gasteiger partial charge in [0.05, 0.1) is 5.75 Å². The van der Waals surface area contributed by atoms with Gasteiger partial charge in [-0.25, -0.2) is 8.42 Å². The number of nitrogens with one attached hydrogen (secondary N) is 1. The maximum atomic E-state index is 12.4. The van der Waals surface area contributed by atoms with Crippen molar-refractivity contribution in [1.82, 2.24) is 5.32 Å². The molecule has 0 aliphatic heterocycles. The van der Waals surface area contributed by atoms with Crippen molar-refractivity contribution < 1.29 is 13.2 Å². The minimum absolute atomic E-state index is 0.0433. The van der Waals surface area contributed by atoms with Crippen molar-refractivity contribution in [3.05, 3.63) is 24.3 Å². The first-order valence-corrected chi connectivity index (χ1v) is 9.39. The second kappa shape index (κ2) is 7.27. The average Bonchev–Trinajstić information content (AvgIpc) is 2.48. The van der Waals surface area contributed by atoms with Crippen molar-refractivity contribution in [2.45, 2.75) is 56.1 Å². The summed E-state index contributed by atoms with van der Waals surface area (Å²) in [5.41, 5.74) is 0. The monoisotopic (exact) mass is 311 g/mol. The normalized spacial score (nSPS) is 23.0. The first-order valence-electron chi connectivity index (χ1n) is 7.74. The van der Waals surface area contributed by atoms with Crippen LogP contribution in [0.5, 0.6) is 5.75 Å². The molecule has 5 heteroatoms. The lowest BCUT2D eigenvalue weighted by Gasteiger charge is -2.32. The molecule has 1 aromatic rings. The summed E-state index contributed by atoms with van der Waals surface area (Å²) in [5, 5.41) is 3.28. The Bertz CT molecular complexity index is 556. The molecule has 0 bridgehead atoms. The molecule has 2 rings (SSSR count). The predicted molar refractivity (Wildman–Crippen MR) is 84.5 cm³/mol. The summed E-state index contributed by atoms with van der Waals surface area (Å²) in [5.74, 6) is 0.658. The summed E-state index contributed by atoms with van der Waals surface area (Å²) in [6.07, 6.45) is 5.02. The molecular weight excluding hydrogens is 286 g/mol. The van der Waals surface area contributed by atoms with E-state index >= 15 is 0 Å². The molecule has 1 aromatic carbocycles. The number of benzene rings is 1. The van der Waals surface area contributed by atoms with E-state index in [1.165, 1.54) is 6.42 Å². The number of ether oxygens (including phenoxy) is 1. The molecule has 0 aromatic heterocycles. The van der Waals surface area contributed by atoms with Crippen LogP contribution in [0.4, 0.5) is 0 Å². The molecule has 1 aliphatic carbocycles. The third-order valence-electron chi connectivity index (χ3n) is 4.01. The van der Waals surface area contributed by atoms with Crippen LogP contribution in [0, 0.1) is 0 Å². The van der Waals surface area contributed by atoms with Crippen molar-refractivity contribution in [2.75, 3.05) is 12.8 Å². The SMILES string of the molecule is CCCS(=O)(=O)c1ccccc1OC1CCCCC1NC. The molecular formula is C16H25NO3S. The van der Waals surface area contributed by atoms with Gasteiger partial charge in [-0.05, 0) is 44.9 Å². The maximum Gasteiger partial charge on any atom is 0.182 e. The van der Waals surface area contributed by atoms with E-state index in [4.69, 9.17) is 4.74 Å². The highest BCUT2D eigenvalue weighted by molar-refractivity contribution is 7.91. The van der Waals surface area contributed by atoms with Crippen LogP contribution in [-0.4, -0.2) is 33.4 Å². The largest absolute Gasteiger partial charge is 0.487 e. The summed E-state index contributed by atoms with van der Waals surface area (Å²) in [7, 11) is -1.32. The third kappa shape index (κ3) is 3.98. The summed E-state index contributed by atoms with van der Waals surface area (Å²) in [6, 6.07) is 7.30. The number of para-hydroxylation sites is 1. The number of likely N-dealkylation sites (N-methyl/N-ethyl adjacent to an activating group) is 1. The topological polar surface area (TPSA) is 55.4 Å². The van der Waals surface area contributed by atoms with Crippen molar-refractivity contribution >= 4 is 9.84 Å². The molecule has 2 unspecified atom stereocenters. The second-order valence-corrected chi connectivity index (χ2v) is 7.68. The Hall–Kier alpha value is -1.07. The zero-order valence-electron chi connectivity index (χ0n) is 12.8. The van der Waals surface area contributed by atoms with Gasteiger partial charge in [0.25, 0.3) is 0 Å². The van der Waals surface area contributed by atoms with E-state index in [2.05, 4.69) is 5.32 Å². The van der Waals surface area contributed by atoms with E-state index in [-0.39, 0.29) is 11.9 Å². The Balaban J connectivity index is 2.24. The maximum absolute atomic E-state index is 12.4. The van der Waals surface area contributed by atoms with Gasteiger partial charge in [0.15, 0.2) is 9.84 Å². The Morgan fingerprint density at radius 3 is 2.67 bits per heavy atom. The molecule has 1 fully saturated rings. The Morgan fingerprint density at radius 2 is 1.95 bits per heavy atom. The second-order valence-electron chi connectivity index (χ2n) is 5.60. The predicted octanol–water partition coefficient (Wildman–Crippen LogP) is 2.78. The molecule has 118 valence electrons. The molecule has 21 heavy (non-hydrogen) atoms. The van der Waals surface area contributed by atoms with E-state index in [0.29, 0.717) is 23.1 Å². The Labute approximate surface area is 127 Å². The molecule has 1 aliphatic rings. The van der Waals surface area contributed by atoms with Crippen LogP contribution < -0.4 is 10.1 Å². The molecule has 0 saturated heterocycles. The highest BCUT2D eigenvalue weighted by Crippen LogP contribution is 2.29. The fraction of sp³-hybridized carbons (Fsp3) is 0.625. The summed E-state index contributed by atoms with van der Waals surface area (Å²) >= 11 is 0. The van der Waals surface area contributed by atoms with Crippen LogP contribution in [0.1, 0.15) is 39.0 Å². The van der Waals surface area contributed by atoms with Crippen molar-refractivity contribution in [1.29, 1.82) is 0 Å². The van der Waals surface area contributed by atoms with E-state index in [0.717, 1.165) is 19.3 Å². The number of hydrogen-bond acceptors (Lipinski definition) is 4.